The van der Waals surface area contributed by atoms with Crippen LogP contribution < -0.4 is 10.1 Å². The van der Waals surface area contributed by atoms with Crippen LogP contribution in [0, 0.1) is 0 Å². The average molecular weight is 341 g/mol. The number of hydrogen-bond acceptors (Lipinski definition) is 4. The summed E-state index contributed by atoms with van der Waals surface area (Å²) in [5.41, 5.74) is -0.705. The van der Waals surface area contributed by atoms with Gasteiger partial charge in [0.25, 0.3) is 0 Å². The minimum Gasteiger partial charge on any atom is -0.494 e. The van der Waals surface area contributed by atoms with E-state index >= 15 is 0 Å². The second-order valence-electron chi connectivity index (χ2n) is 5.53. The zero-order valence-corrected chi connectivity index (χ0v) is 12.9. The van der Waals surface area contributed by atoms with Crippen LogP contribution >= 0.6 is 0 Å². The van der Waals surface area contributed by atoms with Crippen LogP contribution in [0.3, 0.4) is 0 Å². The fourth-order valence-electron chi connectivity index (χ4n) is 2.25. The summed E-state index contributed by atoms with van der Waals surface area (Å²) in [5.74, 6) is 0.986. The summed E-state index contributed by atoms with van der Waals surface area (Å²) in [6.07, 6.45) is -1.81. The highest BCUT2D eigenvalue weighted by molar-refractivity contribution is 5.32. The molecule has 3 rings (SSSR count). The third kappa shape index (κ3) is 4.19. The number of nitrogens with zero attached hydrogens (tertiary/aromatic N) is 2. The Morgan fingerprint density at radius 3 is 2.83 bits per heavy atom. The molecule has 1 fully saturated rings. The molecular weight excluding hydrogens is 323 g/mol. The van der Waals surface area contributed by atoms with E-state index in [1.54, 1.807) is 0 Å². The van der Waals surface area contributed by atoms with Gasteiger partial charge in [0.1, 0.15) is 11.6 Å². The molecule has 24 heavy (non-hydrogen) atoms. The van der Waals surface area contributed by atoms with Crippen LogP contribution in [0.25, 0.3) is 0 Å². The summed E-state index contributed by atoms with van der Waals surface area (Å²) in [7, 11) is 0. The van der Waals surface area contributed by atoms with Crippen LogP contribution in [-0.4, -0.2) is 36.1 Å². The van der Waals surface area contributed by atoms with Gasteiger partial charge in [0.15, 0.2) is 0 Å². The van der Waals surface area contributed by atoms with E-state index in [4.69, 9.17) is 9.47 Å². The van der Waals surface area contributed by atoms with Crippen molar-refractivity contribution in [1.29, 1.82) is 0 Å². The molecule has 0 amide bonds. The molecule has 0 spiro atoms. The first-order valence-electron chi connectivity index (χ1n) is 7.69. The minimum absolute atomic E-state index is 0.221. The lowest BCUT2D eigenvalue weighted by Crippen LogP contribution is -2.30. The van der Waals surface area contributed by atoms with Gasteiger partial charge in [0, 0.05) is 18.8 Å². The van der Waals surface area contributed by atoms with Gasteiger partial charge in [-0.05, 0) is 24.6 Å². The summed E-state index contributed by atoms with van der Waals surface area (Å²) in [5, 5.41) is 7.54. The fraction of sp³-hybridized carbons (Fsp3) is 0.438. The molecule has 0 atom stereocenters. The molecule has 1 N–H and O–H groups in total. The molecule has 1 aromatic carbocycles. The maximum absolute atomic E-state index is 12.6. The Morgan fingerprint density at radius 2 is 2.12 bits per heavy atom. The number of halogens is 3. The normalized spacial score (nSPS) is 15.1. The molecule has 1 aliphatic heterocycles. The Morgan fingerprint density at radius 1 is 1.29 bits per heavy atom. The first-order valence-corrected chi connectivity index (χ1v) is 7.69. The van der Waals surface area contributed by atoms with Crippen molar-refractivity contribution in [3.63, 3.8) is 0 Å². The van der Waals surface area contributed by atoms with Gasteiger partial charge in [-0.3, -0.25) is 4.68 Å². The third-order valence-electron chi connectivity index (χ3n) is 3.66. The number of alkyl halides is 3. The van der Waals surface area contributed by atoms with E-state index in [-0.39, 0.29) is 5.75 Å². The molecule has 1 aromatic heterocycles. The molecule has 0 bridgehead atoms. The molecule has 0 saturated carbocycles. The van der Waals surface area contributed by atoms with E-state index in [1.165, 1.54) is 12.1 Å². The van der Waals surface area contributed by atoms with Crippen molar-refractivity contribution in [3.8, 4) is 5.75 Å². The van der Waals surface area contributed by atoms with E-state index in [2.05, 4.69) is 10.4 Å². The summed E-state index contributed by atoms with van der Waals surface area (Å²) in [4.78, 5) is 0. The summed E-state index contributed by atoms with van der Waals surface area (Å²) < 4.78 is 50.2. The predicted octanol–water partition coefficient (Wildman–Crippen LogP) is 3.35. The van der Waals surface area contributed by atoms with Gasteiger partial charge < -0.3 is 14.8 Å². The Balaban J connectivity index is 1.38. The molecule has 1 saturated heterocycles. The van der Waals surface area contributed by atoms with Crippen LogP contribution in [-0.2, 0) is 10.9 Å². The topological polar surface area (TPSA) is 48.3 Å². The number of ether oxygens (including phenoxy) is 2. The SMILES string of the molecule is FC(F)(F)c1cccc(OCCCNc2ccn(C3COC3)n2)c1. The van der Waals surface area contributed by atoms with Crippen LogP contribution in [0.5, 0.6) is 5.75 Å². The Hall–Kier alpha value is -2.22. The molecule has 0 aliphatic carbocycles. The third-order valence-corrected chi connectivity index (χ3v) is 3.66. The highest BCUT2D eigenvalue weighted by atomic mass is 19.4. The maximum Gasteiger partial charge on any atom is 0.416 e. The van der Waals surface area contributed by atoms with Crippen LogP contribution in [0.2, 0.25) is 0 Å². The number of hydrogen-bond donors (Lipinski definition) is 1. The van der Waals surface area contributed by atoms with Crippen molar-refractivity contribution in [3.05, 3.63) is 42.1 Å². The van der Waals surface area contributed by atoms with Gasteiger partial charge >= 0.3 is 6.18 Å². The van der Waals surface area contributed by atoms with Crippen LogP contribution in [0.4, 0.5) is 19.0 Å². The number of anilines is 1. The summed E-state index contributed by atoms with van der Waals surface area (Å²) in [6.45, 7) is 2.32. The second-order valence-corrected chi connectivity index (χ2v) is 5.53. The van der Waals surface area contributed by atoms with Gasteiger partial charge in [0.05, 0.1) is 31.4 Å². The molecule has 2 heterocycles. The molecule has 1 aliphatic rings. The van der Waals surface area contributed by atoms with Crippen molar-refractivity contribution in [2.24, 2.45) is 0 Å². The quantitative estimate of drug-likeness (QED) is 0.785. The molecule has 2 aromatic rings. The first-order chi connectivity index (χ1) is 11.5. The Kier molecular flexibility index (Phi) is 4.94. The number of aromatic nitrogens is 2. The van der Waals surface area contributed by atoms with E-state index in [9.17, 15) is 13.2 Å². The van der Waals surface area contributed by atoms with Gasteiger partial charge in [-0.2, -0.15) is 18.3 Å². The fourth-order valence-corrected chi connectivity index (χ4v) is 2.25. The summed E-state index contributed by atoms with van der Waals surface area (Å²) >= 11 is 0. The molecule has 8 heteroatoms. The number of nitrogens with one attached hydrogen (secondary N) is 1. The highest BCUT2D eigenvalue weighted by Crippen LogP contribution is 2.31. The molecule has 5 nitrogen and oxygen atoms in total. The van der Waals surface area contributed by atoms with Gasteiger partial charge in [0.2, 0.25) is 0 Å². The van der Waals surface area contributed by atoms with E-state index in [0.29, 0.717) is 38.8 Å². The number of rotatable bonds is 7. The van der Waals surface area contributed by atoms with Crippen molar-refractivity contribution in [2.45, 2.75) is 18.6 Å². The molecular formula is C16H18F3N3O2. The number of benzene rings is 1. The second kappa shape index (κ2) is 7.12. The molecule has 0 radical (unpaired) electrons. The lowest BCUT2D eigenvalue weighted by atomic mass is 10.2. The van der Waals surface area contributed by atoms with Gasteiger partial charge in [-0.15, -0.1) is 0 Å². The van der Waals surface area contributed by atoms with Gasteiger partial charge in [-0.1, -0.05) is 6.07 Å². The first kappa shape index (κ1) is 16.6. The zero-order valence-electron chi connectivity index (χ0n) is 12.9. The van der Waals surface area contributed by atoms with Crippen molar-refractivity contribution < 1.29 is 22.6 Å². The smallest absolute Gasteiger partial charge is 0.416 e. The average Bonchev–Trinajstić information content (AvgIpc) is 2.93. The van der Waals surface area contributed by atoms with Gasteiger partial charge in [-0.25, -0.2) is 0 Å². The molecule has 130 valence electrons. The van der Waals surface area contributed by atoms with Crippen LogP contribution in [0.1, 0.15) is 18.0 Å². The minimum atomic E-state index is -4.36. The summed E-state index contributed by atoms with van der Waals surface area (Å²) in [6, 6.07) is 7.09. The Bertz CT molecular complexity index is 669. The predicted molar refractivity (Wildman–Crippen MR) is 82.1 cm³/mol. The highest BCUT2D eigenvalue weighted by Gasteiger charge is 2.30. The monoisotopic (exact) mass is 341 g/mol. The maximum atomic E-state index is 12.6. The van der Waals surface area contributed by atoms with Crippen molar-refractivity contribution in [2.75, 3.05) is 31.7 Å². The van der Waals surface area contributed by atoms with E-state index in [1.807, 2.05) is 16.9 Å². The van der Waals surface area contributed by atoms with Crippen molar-refractivity contribution in [1.82, 2.24) is 9.78 Å². The molecule has 0 unspecified atom stereocenters. The van der Waals surface area contributed by atoms with Crippen molar-refractivity contribution >= 4 is 5.82 Å². The van der Waals surface area contributed by atoms with E-state index in [0.717, 1.165) is 18.0 Å². The van der Waals surface area contributed by atoms with Crippen LogP contribution in [0.15, 0.2) is 36.5 Å². The largest absolute Gasteiger partial charge is 0.494 e. The standard InChI is InChI=1S/C16H18F3N3O2/c17-16(18,19)12-3-1-4-14(9-12)24-8-2-6-20-15-5-7-22(21-15)13-10-23-11-13/h1,3-5,7,9,13H,2,6,8,10-11H2,(H,20,21). The Labute approximate surface area is 137 Å². The lowest BCUT2D eigenvalue weighted by molar-refractivity contribution is -0.137. The van der Waals surface area contributed by atoms with E-state index < -0.39 is 11.7 Å². The zero-order chi connectivity index (χ0) is 17.0. The lowest BCUT2D eigenvalue weighted by Gasteiger charge is -2.25.